The number of fused-ring (bicyclic) bond motifs is 1. The number of nitrogens with zero attached hydrogens (tertiary/aromatic N) is 2. The Morgan fingerprint density at radius 2 is 1.94 bits per heavy atom. The lowest BCUT2D eigenvalue weighted by atomic mass is 9.80. The van der Waals surface area contributed by atoms with Crippen LogP contribution in [0.15, 0.2) is 30.6 Å². The molecule has 88 valence electrons. The van der Waals surface area contributed by atoms with Gasteiger partial charge in [0.2, 0.25) is 0 Å². The second kappa shape index (κ2) is 4.41. The standard InChI is InChI=1S/C14H16N2O/c17-14(8-10-2-1-3-10)11-4-5-12-13(9-11)16-7-6-15-12/h4-7,9-10,14,17H,1-3,8H2. The van der Waals surface area contributed by atoms with Crippen LogP contribution in [0, 0.1) is 5.92 Å². The summed E-state index contributed by atoms with van der Waals surface area (Å²) in [6, 6.07) is 5.84. The molecule has 17 heavy (non-hydrogen) atoms. The van der Waals surface area contributed by atoms with Gasteiger partial charge in [-0.2, -0.15) is 0 Å². The predicted octanol–water partition coefficient (Wildman–Crippen LogP) is 2.85. The van der Waals surface area contributed by atoms with Crippen molar-refractivity contribution in [1.82, 2.24) is 9.97 Å². The smallest absolute Gasteiger partial charge is 0.0890 e. The van der Waals surface area contributed by atoms with Crippen molar-refractivity contribution in [2.75, 3.05) is 0 Å². The maximum absolute atomic E-state index is 10.2. The lowest BCUT2D eigenvalue weighted by Crippen LogP contribution is -2.14. The van der Waals surface area contributed by atoms with Gasteiger partial charge in [-0.15, -0.1) is 0 Å². The first-order chi connectivity index (χ1) is 8.33. The second-order valence-electron chi connectivity index (χ2n) is 4.85. The topological polar surface area (TPSA) is 46.0 Å². The van der Waals surface area contributed by atoms with Crippen LogP contribution in [-0.4, -0.2) is 15.1 Å². The third kappa shape index (κ3) is 2.15. The monoisotopic (exact) mass is 228 g/mol. The molecule has 2 aromatic rings. The van der Waals surface area contributed by atoms with Gasteiger partial charge < -0.3 is 5.11 Å². The van der Waals surface area contributed by atoms with E-state index in [1.807, 2.05) is 18.2 Å². The van der Waals surface area contributed by atoms with Gasteiger partial charge in [0.25, 0.3) is 0 Å². The molecule has 1 atom stereocenters. The molecule has 1 heterocycles. The van der Waals surface area contributed by atoms with Crippen LogP contribution in [0.1, 0.15) is 37.4 Å². The number of aliphatic hydroxyl groups is 1. The molecule has 0 bridgehead atoms. The summed E-state index contributed by atoms with van der Waals surface area (Å²) < 4.78 is 0. The number of aromatic nitrogens is 2. The molecule has 0 aliphatic heterocycles. The molecular formula is C14H16N2O. The molecule has 1 unspecified atom stereocenters. The van der Waals surface area contributed by atoms with E-state index in [1.165, 1.54) is 19.3 Å². The maximum Gasteiger partial charge on any atom is 0.0890 e. The number of aliphatic hydroxyl groups excluding tert-OH is 1. The highest BCUT2D eigenvalue weighted by Gasteiger charge is 2.21. The van der Waals surface area contributed by atoms with Gasteiger partial charge in [-0.05, 0) is 30.0 Å². The Balaban J connectivity index is 1.83. The minimum absolute atomic E-state index is 0.355. The molecule has 1 aromatic carbocycles. The van der Waals surface area contributed by atoms with E-state index in [0.29, 0.717) is 5.92 Å². The van der Waals surface area contributed by atoms with Gasteiger partial charge in [-0.25, -0.2) is 0 Å². The molecule has 0 spiro atoms. The maximum atomic E-state index is 10.2. The highest BCUT2D eigenvalue weighted by molar-refractivity contribution is 5.74. The average molecular weight is 228 g/mol. The zero-order valence-electron chi connectivity index (χ0n) is 9.71. The molecule has 1 fully saturated rings. The van der Waals surface area contributed by atoms with Crippen molar-refractivity contribution in [1.29, 1.82) is 0 Å². The van der Waals surface area contributed by atoms with E-state index in [0.717, 1.165) is 23.0 Å². The van der Waals surface area contributed by atoms with Crippen LogP contribution in [0.3, 0.4) is 0 Å². The van der Waals surface area contributed by atoms with E-state index >= 15 is 0 Å². The van der Waals surface area contributed by atoms with Crippen molar-refractivity contribution in [2.24, 2.45) is 5.92 Å². The summed E-state index contributed by atoms with van der Waals surface area (Å²) in [7, 11) is 0. The number of rotatable bonds is 3. The first-order valence-corrected chi connectivity index (χ1v) is 6.21. The van der Waals surface area contributed by atoms with Crippen molar-refractivity contribution >= 4 is 11.0 Å². The fourth-order valence-electron chi connectivity index (χ4n) is 2.37. The molecule has 3 nitrogen and oxygen atoms in total. The van der Waals surface area contributed by atoms with E-state index in [9.17, 15) is 5.11 Å². The summed E-state index contributed by atoms with van der Waals surface area (Å²) in [6.07, 6.45) is 7.75. The Morgan fingerprint density at radius 1 is 1.18 bits per heavy atom. The van der Waals surface area contributed by atoms with E-state index < -0.39 is 0 Å². The first-order valence-electron chi connectivity index (χ1n) is 6.21. The van der Waals surface area contributed by atoms with Gasteiger partial charge in [0.1, 0.15) is 0 Å². The van der Waals surface area contributed by atoms with E-state index in [1.54, 1.807) is 12.4 Å². The van der Waals surface area contributed by atoms with Crippen molar-refractivity contribution in [3.8, 4) is 0 Å². The predicted molar refractivity (Wildman–Crippen MR) is 66.5 cm³/mol. The van der Waals surface area contributed by atoms with Gasteiger partial charge in [-0.3, -0.25) is 9.97 Å². The minimum Gasteiger partial charge on any atom is -0.388 e. The summed E-state index contributed by atoms with van der Waals surface area (Å²) in [5.74, 6) is 0.711. The zero-order valence-corrected chi connectivity index (χ0v) is 9.71. The van der Waals surface area contributed by atoms with Gasteiger partial charge in [0.05, 0.1) is 17.1 Å². The van der Waals surface area contributed by atoms with Crippen molar-refractivity contribution < 1.29 is 5.11 Å². The third-order valence-electron chi connectivity index (χ3n) is 3.66. The quantitative estimate of drug-likeness (QED) is 0.878. The largest absolute Gasteiger partial charge is 0.388 e. The minimum atomic E-state index is -0.355. The average Bonchev–Trinajstić information content (AvgIpc) is 2.33. The molecule has 1 saturated carbocycles. The number of benzene rings is 1. The molecule has 1 aliphatic rings. The molecule has 3 heteroatoms. The van der Waals surface area contributed by atoms with Gasteiger partial charge in [0, 0.05) is 12.4 Å². The highest BCUT2D eigenvalue weighted by Crippen LogP contribution is 2.34. The van der Waals surface area contributed by atoms with Gasteiger partial charge in [-0.1, -0.05) is 25.3 Å². The van der Waals surface area contributed by atoms with Crippen LogP contribution >= 0.6 is 0 Å². The van der Waals surface area contributed by atoms with E-state index in [4.69, 9.17) is 0 Å². The van der Waals surface area contributed by atoms with E-state index in [2.05, 4.69) is 9.97 Å². The Kier molecular flexibility index (Phi) is 2.77. The highest BCUT2D eigenvalue weighted by atomic mass is 16.3. The van der Waals surface area contributed by atoms with Crippen molar-refractivity contribution in [3.63, 3.8) is 0 Å². The molecule has 0 amide bonds. The molecule has 0 saturated heterocycles. The van der Waals surface area contributed by atoms with Crippen molar-refractivity contribution in [3.05, 3.63) is 36.2 Å². The molecule has 3 rings (SSSR count). The van der Waals surface area contributed by atoms with Crippen LogP contribution in [0.5, 0.6) is 0 Å². The summed E-state index contributed by atoms with van der Waals surface area (Å²) in [5.41, 5.74) is 2.70. The van der Waals surface area contributed by atoms with Crippen LogP contribution in [0.2, 0.25) is 0 Å². The van der Waals surface area contributed by atoms with E-state index in [-0.39, 0.29) is 6.10 Å². The number of hydrogen-bond acceptors (Lipinski definition) is 3. The van der Waals surface area contributed by atoms with Crippen LogP contribution < -0.4 is 0 Å². The summed E-state index contributed by atoms with van der Waals surface area (Å²) in [6.45, 7) is 0. The first kappa shape index (κ1) is 10.7. The Hall–Kier alpha value is -1.48. The summed E-state index contributed by atoms with van der Waals surface area (Å²) in [4.78, 5) is 8.49. The zero-order chi connectivity index (χ0) is 11.7. The molecule has 1 N–H and O–H groups in total. The Labute approximate surface area is 101 Å². The normalized spacial score (nSPS) is 17.9. The lowest BCUT2D eigenvalue weighted by molar-refractivity contribution is 0.118. The fourth-order valence-corrected chi connectivity index (χ4v) is 2.37. The second-order valence-corrected chi connectivity index (χ2v) is 4.85. The van der Waals surface area contributed by atoms with Gasteiger partial charge in [0.15, 0.2) is 0 Å². The van der Waals surface area contributed by atoms with Gasteiger partial charge >= 0.3 is 0 Å². The Bertz CT molecular complexity index is 522. The fraction of sp³-hybridized carbons (Fsp3) is 0.429. The summed E-state index contributed by atoms with van der Waals surface area (Å²) in [5, 5.41) is 10.2. The summed E-state index contributed by atoms with van der Waals surface area (Å²) >= 11 is 0. The van der Waals surface area contributed by atoms with Crippen molar-refractivity contribution in [2.45, 2.75) is 31.8 Å². The molecule has 1 aliphatic carbocycles. The molecule has 0 radical (unpaired) electrons. The lowest BCUT2D eigenvalue weighted by Gasteiger charge is -2.27. The Morgan fingerprint density at radius 3 is 2.65 bits per heavy atom. The molecular weight excluding hydrogens is 212 g/mol. The molecule has 1 aromatic heterocycles. The SMILES string of the molecule is OC(CC1CCC1)c1ccc2nccnc2c1. The van der Waals surface area contributed by atoms with Crippen LogP contribution in [-0.2, 0) is 0 Å². The third-order valence-corrected chi connectivity index (χ3v) is 3.66. The van der Waals surface area contributed by atoms with Crippen LogP contribution in [0.4, 0.5) is 0 Å². The number of hydrogen-bond donors (Lipinski definition) is 1. The van der Waals surface area contributed by atoms with Crippen LogP contribution in [0.25, 0.3) is 11.0 Å².